The van der Waals surface area contributed by atoms with Gasteiger partial charge in [0, 0.05) is 26.2 Å². The van der Waals surface area contributed by atoms with Gasteiger partial charge in [-0.05, 0) is 24.3 Å². The van der Waals surface area contributed by atoms with E-state index in [0.717, 1.165) is 0 Å². The monoisotopic (exact) mass is 472 g/mol. The molecule has 33 heavy (non-hydrogen) atoms. The van der Waals surface area contributed by atoms with E-state index in [1.54, 1.807) is 36.4 Å². The van der Waals surface area contributed by atoms with Crippen LogP contribution in [0.3, 0.4) is 0 Å². The van der Waals surface area contributed by atoms with Crippen LogP contribution in [-0.2, 0) is 0 Å². The maximum absolute atomic E-state index is 14.1. The van der Waals surface area contributed by atoms with Gasteiger partial charge in [0.15, 0.2) is 0 Å². The molecule has 0 spiro atoms. The van der Waals surface area contributed by atoms with Crippen LogP contribution < -0.4 is 19.9 Å². The number of hydrogen-bond acceptors (Lipinski definition) is 8. The molecule has 1 saturated heterocycles. The van der Waals surface area contributed by atoms with Crippen molar-refractivity contribution in [2.24, 2.45) is 0 Å². The second-order valence-corrected chi connectivity index (χ2v) is 7.69. The fourth-order valence-corrected chi connectivity index (χ4v) is 3.85. The molecule has 4 rings (SSSR count). The summed E-state index contributed by atoms with van der Waals surface area (Å²) in [5.74, 6) is 0.595. The number of nitro groups is 1. The molecule has 9 nitrogen and oxygen atoms in total. The van der Waals surface area contributed by atoms with Gasteiger partial charge in [-0.2, -0.15) is 0 Å². The summed E-state index contributed by atoms with van der Waals surface area (Å²) in [5.41, 5.74) is 0.324. The molecule has 0 amide bonds. The van der Waals surface area contributed by atoms with Gasteiger partial charge in [-0.25, -0.2) is 14.4 Å². The lowest BCUT2D eigenvalue weighted by atomic mass is 10.2. The highest BCUT2D eigenvalue weighted by atomic mass is 35.5. The molecule has 0 aliphatic carbocycles. The molecule has 2 aromatic carbocycles. The van der Waals surface area contributed by atoms with Crippen LogP contribution >= 0.6 is 11.6 Å². The highest BCUT2D eigenvalue weighted by Crippen LogP contribution is 2.33. The van der Waals surface area contributed by atoms with Gasteiger partial charge < -0.3 is 19.9 Å². The van der Waals surface area contributed by atoms with Crippen molar-refractivity contribution in [1.29, 1.82) is 0 Å². The van der Waals surface area contributed by atoms with Crippen LogP contribution in [0, 0.1) is 15.9 Å². The Balaban J connectivity index is 1.42. The lowest BCUT2D eigenvalue weighted by molar-refractivity contribution is -0.383. The summed E-state index contributed by atoms with van der Waals surface area (Å²) in [7, 11) is 0. The number of benzene rings is 2. The zero-order valence-electron chi connectivity index (χ0n) is 17.7. The van der Waals surface area contributed by atoms with Gasteiger partial charge in [-0.3, -0.25) is 10.1 Å². The maximum atomic E-state index is 14.1. The first-order chi connectivity index (χ1) is 16.0. The molecule has 1 aliphatic heterocycles. The zero-order valence-corrected chi connectivity index (χ0v) is 18.4. The van der Waals surface area contributed by atoms with E-state index in [1.807, 2.05) is 15.9 Å². The van der Waals surface area contributed by atoms with Crippen LogP contribution in [0.15, 0.2) is 54.9 Å². The number of anilines is 3. The van der Waals surface area contributed by atoms with E-state index >= 15 is 0 Å². The lowest BCUT2D eigenvalue weighted by Crippen LogP contribution is -2.47. The number of rotatable bonds is 8. The van der Waals surface area contributed by atoms with Crippen LogP contribution in [0.2, 0.25) is 5.02 Å². The normalized spacial score (nSPS) is 13.6. The van der Waals surface area contributed by atoms with E-state index in [-0.39, 0.29) is 36.3 Å². The third-order valence-electron chi connectivity index (χ3n) is 5.25. The molecule has 1 fully saturated rings. The zero-order chi connectivity index (χ0) is 23.2. The quantitative estimate of drug-likeness (QED) is 0.298. The Morgan fingerprint density at radius 2 is 1.76 bits per heavy atom. The fourth-order valence-electron chi connectivity index (χ4n) is 3.66. The van der Waals surface area contributed by atoms with E-state index < -0.39 is 4.92 Å². The summed E-state index contributed by atoms with van der Waals surface area (Å²) >= 11 is 6.07. The van der Waals surface area contributed by atoms with Gasteiger partial charge in [-0.1, -0.05) is 35.9 Å². The van der Waals surface area contributed by atoms with Crippen LogP contribution in [0.4, 0.5) is 27.4 Å². The second kappa shape index (κ2) is 10.3. The first kappa shape index (κ1) is 22.5. The van der Waals surface area contributed by atoms with Crippen molar-refractivity contribution in [3.05, 3.63) is 75.8 Å². The average molecular weight is 473 g/mol. The van der Waals surface area contributed by atoms with E-state index in [4.69, 9.17) is 16.3 Å². The molecule has 2 heterocycles. The number of aromatic nitrogens is 2. The molecular formula is C22H22ClFN6O3. The smallest absolute Gasteiger partial charge is 0.353 e. The molecule has 1 N–H and O–H groups in total. The minimum Gasteiger partial charge on any atom is -0.490 e. The predicted molar refractivity (Wildman–Crippen MR) is 125 cm³/mol. The molecule has 172 valence electrons. The molecule has 1 aliphatic rings. The summed E-state index contributed by atoms with van der Waals surface area (Å²) in [6.07, 6.45) is 1.29. The third-order valence-corrected chi connectivity index (χ3v) is 5.56. The summed E-state index contributed by atoms with van der Waals surface area (Å²) in [6.45, 7) is 2.46. The van der Waals surface area contributed by atoms with Crippen molar-refractivity contribution in [2.45, 2.75) is 0 Å². The Bertz CT molecular complexity index is 1130. The molecule has 11 heteroatoms. The van der Waals surface area contributed by atoms with Crippen LogP contribution in [0.5, 0.6) is 5.75 Å². The van der Waals surface area contributed by atoms with Crippen LogP contribution in [-0.4, -0.2) is 54.2 Å². The predicted octanol–water partition coefficient (Wildman–Crippen LogP) is 3.99. The number of piperazine rings is 1. The van der Waals surface area contributed by atoms with E-state index in [9.17, 15) is 14.5 Å². The Morgan fingerprint density at radius 3 is 2.48 bits per heavy atom. The molecule has 1 aromatic heterocycles. The molecule has 0 radical (unpaired) electrons. The molecular weight excluding hydrogens is 451 g/mol. The van der Waals surface area contributed by atoms with Crippen molar-refractivity contribution >= 4 is 34.6 Å². The molecule has 0 saturated carbocycles. The van der Waals surface area contributed by atoms with E-state index in [0.29, 0.717) is 42.6 Å². The van der Waals surface area contributed by atoms with Crippen LogP contribution in [0.25, 0.3) is 0 Å². The number of halogens is 2. The minimum absolute atomic E-state index is 0.115. The first-order valence-corrected chi connectivity index (χ1v) is 10.8. The SMILES string of the molecule is O=[N+]([O-])c1c(NCCOc2ccccc2Cl)ncnc1N1CCN(c2ccccc2F)CC1. The number of para-hydroxylation sites is 2. The Hall–Kier alpha value is -3.66. The molecule has 3 aromatic rings. The summed E-state index contributed by atoms with van der Waals surface area (Å²) in [4.78, 5) is 23.4. The number of nitrogens with zero attached hydrogens (tertiary/aromatic N) is 5. The van der Waals surface area contributed by atoms with Crippen molar-refractivity contribution < 1.29 is 14.1 Å². The standard InChI is InChI=1S/C22H22ClFN6O3/c23-16-5-1-4-8-19(16)33-14-9-25-21-20(30(31)32)22(27-15-26-21)29-12-10-28(11-13-29)18-7-3-2-6-17(18)24/h1-8,15H,9-14H2,(H,25,26,27). The minimum atomic E-state index is -0.490. The van der Waals surface area contributed by atoms with Crippen LogP contribution in [0.1, 0.15) is 0 Å². The molecule has 0 bridgehead atoms. The summed E-state index contributed by atoms with van der Waals surface area (Å²) in [6, 6.07) is 13.7. The second-order valence-electron chi connectivity index (χ2n) is 7.28. The maximum Gasteiger partial charge on any atom is 0.353 e. The summed E-state index contributed by atoms with van der Waals surface area (Å²) < 4.78 is 19.7. The van der Waals surface area contributed by atoms with Gasteiger partial charge >= 0.3 is 5.69 Å². The van der Waals surface area contributed by atoms with Crippen molar-refractivity contribution in [3.63, 3.8) is 0 Å². The average Bonchev–Trinajstić information content (AvgIpc) is 2.83. The van der Waals surface area contributed by atoms with Crippen molar-refractivity contribution in [3.8, 4) is 5.75 Å². The van der Waals surface area contributed by atoms with Crippen molar-refractivity contribution in [2.75, 3.05) is 54.4 Å². The molecule has 0 atom stereocenters. The number of nitrogens with one attached hydrogen (secondary N) is 1. The van der Waals surface area contributed by atoms with Gasteiger partial charge in [0.25, 0.3) is 0 Å². The fraction of sp³-hybridized carbons (Fsp3) is 0.273. The molecule has 0 unspecified atom stereocenters. The highest BCUT2D eigenvalue weighted by molar-refractivity contribution is 6.32. The summed E-state index contributed by atoms with van der Waals surface area (Å²) in [5, 5.41) is 15.3. The van der Waals surface area contributed by atoms with Gasteiger partial charge in [0.1, 0.15) is 24.5 Å². The topological polar surface area (TPSA) is 96.7 Å². The number of ether oxygens (including phenoxy) is 1. The van der Waals surface area contributed by atoms with E-state index in [2.05, 4.69) is 15.3 Å². The first-order valence-electron chi connectivity index (χ1n) is 10.4. The van der Waals surface area contributed by atoms with Gasteiger partial charge in [-0.15, -0.1) is 0 Å². The van der Waals surface area contributed by atoms with Gasteiger partial charge in [0.2, 0.25) is 11.6 Å². The highest BCUT2D eigenvalue weighted by Gasteiger charge is 2.29. The Labute approximate surface area is 194 Å². The Morgan fingerprint density at radius 1 is 1.06 bits per heavy atom. The number of hydrogen-bond donors (Lipinski definition) is 1. The lowest BCUT2D eigenvalue weighted by Gasteiger charge is -2.36. The Kier molecular flexibility index (Phi) is 7.04. The van der Waals surface area contributed by atoms with Gasteiger partial charge in [0.05, 0.1) is 22.2 Å². The van der Waals surface area contributed by atoms with E-state index in [1.165, 1.54) is 12.4 Å². The largest absolute Gasteiger partial charge is 0.490 e. The third kappa shape index (κ3) is 5.23. The van der Waals surface area contributed by atoms with Crippen molar-refractivity contribution in [1.82, 2.24) is 9.97 Å².